The number of halogens is 2. The Morgan fingerprint density at radius 1 is 1.10 bits per heavy atom. The number of rotatable bonds is 6. The van der Waals surface area contributed by atoms with Crippen molar-refractivity contribution in [1.82, 2.24) is 14.5 Å². The van der Waals surface area contributed by atoms with Gasteiger partial charge >= 0.3 is 6.61 Å². The van der Waals surface area contributed by atoms with Gasteiger partial charge in [0.2, 0.25) is 5.13 Å². The lowest BCUT2D eigenvalue weighted by molar-refractivity contribution is -0.0498. The molecule has 0 bridgehead atoms. The molecule has 0 unspecified atom stereocenters. The molecule has 0 spiro atoms. The third kappa shape index (κ3) is 4.49. The zero-order chi connectivity index (χ0) is 21.1. The van der Waals surface area contributed by atoms with Gasteiger partial charge in [-0.05, 0) is 31.2 Å². The van der Waals surface area contributed by atoms with Gasteiger partial charge in [-0.15, -0.1) is 0 Å². The molecule has 0 saturated heterocycles. The molecule has 4 rings (SSSR count). The molecule has 152 valence electrons. The Morgan fingerprint density at radius 2 is 1.80 bits per heavy atom. The van der Waals surface area contributed by atoms with Crippen molar-refractivity contribution in [3.05, 3.63) is 65.9 Å². The molecule has 0 aliphatic carbocycles. The number of carbonyl (C=O) groups excluding carboxylic acids is 1. The molecule has 0 radical (unpaired) electrons. The van der Waals surface area contributed by atoms with Gasteiger partial charge in [-0.2, -0.15) is 18.1 Å². The van der Waals surface area contributed by atoms with Gasteiger partial charge in [0.15, 0.2) is 17.3 Å². The number of nitrogens with zero attached hydrogens (tertiary/aromatic N) is 3. The van der Waals surface area contributed by atoms with E-state index in [9.17, 15) is 13.6 Å². The third-order valence-corrected chi connectivity index (χ3v) is 4.69. The fourth-order valence-electron chi connectivity index (χ4n) is 2.57. The predicted octanol–water partition coefficient (Wildman–Crippen LogP) is 5.02. The Morgan fingerprint density at radius 3 is 2.50 bits per heavy atom. The van der Waals surface area contributed by atoms with Crippen LogP contribution in [0.4, 0.5) is 13.9 Å². The van der Waals surface area contributed by atoms with E-state index < -0.39 is 12.5 Å². The van der Waals surface area contributed by atoms with Gasteiger partial charge in [0.1, 0.15) is 5.75 Å². The number of ether oxygens (including phenoxy) is 1. The number of carbonyl (C=O) groups is 1. The number of alkyl halides is 2. The zero-order valence-corrected chi connectivity index (χ0v) is 16.3. The van der Waals surface area contributed by atoms with Gasteiger partial charge in [-0.25, -0.2) is 0 Å². The van der Waals surface area contributed by atoms with Gasteiger partial charge in [-0.1, -0.05) is 35.0 Å². The number of hydrogen-bond acceptors (Lipinski definition) is 7. The van der Waals surface area contributed by atoms with Crippen molar-refractivity contribution in [2.45, 2.75) is 13.5 Å². The Kier molecular flexibility index (Phi) is 5.48. The van der Waals surface area contributed by atoms with Crippen LogP contribution in [-0.4, -0.2) is 27.0 Å². The molecule has 4 aromatic rings. The monoisotopic (exact) mass is 428 g/mol. The second-order valence-corrected chi connectivity index (χ2v) is 6.97. The molecule has 7 nitrogen and oxygen atoms in total. The molecule has 0 aliphatic rings. The van der Waals surface area contributed by atoms with Crippen molar-refractivity contribution in [3.63, 3.8) is 0 Å². The Bertz CT molecular complexity index is 1160. The molecule has 30 heavy (non-hydrogen) atoms. The molecule has 2 aromatic carbocycles. The number of benzene rings is 2. The molecule has 0 saturated carbocycles. The Balaban J connectivity index is 1.43. The highest BCUT2D eigenvalue weighted by Crippen LogP contribution is 2.25. The molecule has 0 atom stereocenters. The first-order valence-electron chi connectivity index (χ1n) is 8.72. The normalized spacial score (nSPS) is 10.9. The van der Waals surface area contributed by atoms with Crippen LogP contribution in [0, 0.1) is 6.92 Å². The van der Waals surface area contributed by atoms with Crippen LogP contribution in [0.2, 0.25) is 0 Å². The molecular weight excluding hydrogens is 414 g/mol. The summed E-state index contributed by atoms with van der Waals surface area (Å²) in [4.78, 5) is 16.7. The van der Waals surface area contributed by atoms with Gasteiger partial charge < -0.3 is 9.26 Å². The highest BCUT2D eigenvalue weighted by Gasteiger charge is 2.16. The summed E-state index contributed by atoms with van der Waals surface area (Å²) in [6.45, 7) is -0.914. The summed E-state index contributed by atoms with van der Waals surface area (Å²) < 4.78 is 38.2. The maximum Gasteiger partial charge on any atom is 0.387 e. The number of aryl methyl sites for hydroxylation is 1. The standard InChI is InChI=1S/C20H14F2N4O3S/c1-11-2-4-12(5-3-11)16-10-15(25-29-16)18(27)24-20-23-17(26-30-20)13-6-8-14(9-7-13)28-19(21)22/h2-10,19H,1H3,(H,23,24,26,27). The van der Waals surface area contributed by atoms with Gasteiger partial charge in [0.25, 0.3) is 5.91 Å². The topological polar surface area (TPSA) is 90.1 Å². The summed E-state index contributed by atoms with van der Waals surface area (Å²) in [5, 5.41) is 6.69. The number of aromatic nitrogens is 3. The largest absolute Gasteiger partial charge is 0.435 e. The summed E-state index contributed by atoms with van der Waals surface area (Å²) >= 11 is 0.984. The van der Waals surface area contributed by atoms with Gasteiger partial charge in [0.05, 0.1) is 0 Å². The smallest absolute Gasteiger partial charge is 0.387 e. The first-order chi connectivity index (χ1) is 14.5. The van der Waals surface area contributed by atoms with E-state index >= 15 is 0 Å². The van der Waals surface area contributed by atoms with Gasteiger partial charge in [0, 0.05) is 28.7 Å². The summed E-state index contributed by atoms with van der Waals surface area (Å²) in [7, 11) is 0. The van der Waals surface area contributed by atoms with E-state index in [1.54, 1.807) is 18.2 Å². The minimum atomic E-state index is -2.89. The first-order valence-corrected chi connectivity index (χ1v) is 9.49. The van der Waals surface area contributed by atoms with E-state index in [0.717, 1.165) is 22.7 Å². The summed E-state index contributed by atoms with van der Waals surface area (Å²) in [5.74, 6) is 0.372. The van der Waals surface area contributed by atoms with Crippen molar-refractivity contribution in [2.75, 3.05) is 5.32 Å². The lowest BCUT2D eigenvalue weighted by atomic mass is 10.1. The molecular formula is C20H14F2N4O3S. The third-order valence-electron chi connectivity index (χ3n) is 4.06. The van der Waals surface area contributed by atoms with E-state index in [-0.39, 0.29) is 16.6 Å². The van der Waals surface area contributed by atoms with Crippen LogP contribution in [0.1, 0.15) is 16.1 Å². The molecule has 2 aromatic heterocycles. The zero-order valence-electron chi connectivity index (χ0n) is 15.5. The predicted molar refractivity (Wildman–Crippen MR) is 107 cm³/mol. The van der Waals surface area contributed by atoms with Crippen LogP contribution in [0.3, 0.4) is 0 Å². The van der Waals surface area contributed by atoms with E-state index in [1.165, 1.54) is 12.1 Å². The second-order valence-electron chi connectivity index (χ2n) is 6.22. The lowest BCUT2D eigenvalue weighted by Gasteiger charge is -2.03. The van der Waals surface area contributed by atoms with E-state index in [2.05, 4.69) is 24.6 Å². The van der Waals surface area contributed by atoms with Crippen LogP contribution in [0.15, 0.2) is 59.1 Å². The fourth-order valence-corrected chi connectivity index (χ4v) is 3.16. The highest BCUT2D eigenvalue weighted by atomic mass is 32.1. The van der Waals surface area contributed by atoms with Crippen LogP contribution in [-0.2, 0) is 0 Å². The molecule has 10 heteroatoms. The molecule has 2 heterocycles. The highest BCUT2D eigenvalue weighted by molar-refractivity contribution is 7.10. The van der Waals surface area contributed by atoms with E-state index in [0.29, 0.717) is 17.1 Å². The second kappa shape index (κ2) is 8.37. The Hall–Kier alpha value is -3.66. The van der Waals surface area contributed by atoms with Crippen LogP contribution in [0.5, 0.6) is 5.75 Å². The van der Waals surface area contributed by atoms with Gasteiger partial charge in [-0.3, -0.25) is 10.1 Å². The maximum absolute atomic E-state index is 12.4. The van der Waals surface area contributed by atoms with E-state index in [1.807, 2.05) is 31.2 Å². The minimum Gasteiger partial charge on any atom is -0.435 e. The van der Waals surface area contributed by atoms with Crippen molar-refractivity contribution in [3.8, 4) is 28.5 Å². The summed E-state index contributed by atoms with van der Waals surface area (Å²) in [5.41, 5.74) is 2.62. The average molecular weight is 428 g/mol. The first kappa shape index (κ1) is 19.6. The average Bonchev–Trinajstić information content (AvgIpc) is 3.39. The molecule has 1 amide bonds. The number of anilines is 1. The number of nitrogens with one attached hydrogen (secondary N) is 1. The fraction of sp³-hybridized carbons (Fsp3) is 0.100. The SMILES string of the molecule is Cc1ccc(-c2cc(C(=O)Nc3nc(-c4ccc(OC(F)F)cc4)ns3)no2)cc1. The van der Waals surface area contributed by atoms with Crippen molar-refractivity contribution < 1.29 is 22.8 Å². The molecule has 1 N–H and O–H groups in total. The van der Waals surface area contributed by atoms with Crippen molar-refractivity contribution in [2.24, 2.45) is 0 Å². The molecule has 0 fully saturated rings. The van der Waals surface area contributed by atoms with Crippen LogP contribution < -0.4 is 10.1 Å². The quantitative estimate of drug-likeness (QED) is 0.464. The summed E-state index contributed by atoms with van der Waals surface area (Å²) in [6.07, 6.45) is 0. The van der Waals surface area contributed by atoms with Crippen molar-refractivity contribution >= 4 is 22.6 Å². The minimum absolute atomic E-state index is 0.0351. The Labute approximate surface area is 173 Å². The van der Waals surface area contributed by atoms with Crippen molar-refractivity contribution in [1.29, 1.82) is 0 Å². The van der Waals surface area contributed by atoms with Crippen LogP contribution in [0.25, 0.3) is 22.7 Å². The molecule has 0 aliphatic heterocycles. The number of hydrogen-bond donors (Lipinski definition) is 1. The van der Waals surface area contributed by atoms with E-state index in [4.69, 9.17) is 4.52 Å². The lowest BCUT2D eigenvalue weighted by Crippen LogP contribution is -2.11. The van der Waals surface area contributed by atoms with Crippen LogP contribution >= 0.6 is 11.5 Å². The summed E-state index contributed by atoms with van der Waals surface area (Å²) in [6, 6.07) is 15.1. The maximum atomic E-state index is 12.4. The number of amides is 1.